The molecule has 1 rings (SSSR count). The van der Waals surface area contributed by atoms with Gasteiger partial charge in [-0.15, -0.1) is 0 Å². The summed E-state index contributed by atoms with van der Waals surface area (Å²) in [4.78, 5) is 48.2. The molecule has 0 fully saturated rings. The van der Waals surface area contributed by atoms with Crippen LogP contribution >= 0.6 is 0 Å². The molecule has 0 amide bonds. The monoisotopic (exact) mass is 555 g/mol. The van der Waals surface area contributed by atoms with E-state index in [0.717, 1.165) is 0 Å². The summed E-state index contributed by atoms with van der Waals surface area (Å²) in [5.41, 5.74) is 5.89. The van der Waals surface area contributed by atoms with Crippen molar-refractivity contribution in [2.24, 2.45) is 16.6 Å². The van der Waals surface area contributed by atoms with Crippen LogP contribution in [0.4, 0.5) is 14.4 Å². The molecular weight excluding hydrogens is 514 g/mol. The maximum absolute atomic E-state index is 12.4. The average Bonchev–Trinajstić information content (AvgIpc) is 2.81. The molecule has 0 bridgehead atoms. The summed E-state index contributed by atoms with van der Waals surface area (Å²) in [6, 6.07) is 3.22. The second-order valence-electron chi connectivity index (χ2n) is 11.2. The summed E-state index contributed by atoms with van der Waals surface area (Å²) in [6.45, 7) is 14.6. The first-order chi connectivity index (χ1) is 18.0. The van der Waals surface area contributed by atoms with Gasteiger partial charge >= 0.3 is 24.4 Å². The Balaban J connectivity index is 2.94. The van der Waals surface area contributed by atoms with Gasteiger partial charge in [0.25, 0.3) is 0 Å². The van der Waals surface area contributed by atoms with E-state index in [9.17, 15) is 19.2 Å². The number of carbonyl (C=O) groups is 4. The normalized spacial score (nSPS) is 12.9. The van der Waals surface area contributed by atoms with Gasteiger partial charge < -0.3 is 38.9 Å². The van der Waals surface area contributed by atoms with Crippen LogP contribution in [-0.4, -0.2) is 63.0 Å². The number of nitrogens with two attached hydrogens (primary N) is 1. The van der Waals surface area contributed by atoms with Crippen LogP contribution in [-0.2, 0) is 34.9 Å². The molecule has 39 heavy (non-hydrogen) atoms. The molecule has 0 radical (unpaired) electrons. The highest BCUT2D eigenvalue weighted by atomic mass is 16.7. The van der Waals surface area contributed by atoms with Gasteiger partial charge in [-0.2, -0.15) is 0 Å². The first-order valence-corrected chi connectivity index (χ1v) is 12.6. The van der Waals surface area contributed by atoms with Crippen molar-refractivity contribution in [2.45, 2.75) is 74.0 Å². The average molecular weight is 556 g/mol. The summed E-state index contributed by atoms with van der Waals surface area (Å²) in [5.74, 6) is -0.963. The van der Waals surface area contributed by atoms with Crippen molar-refractivity contribution < 1.29 is 52.3 Å². The minimum Gasteiger partial charge on any atom is -0.458 e. The smallest absolute Gasteiger partial charge is 0.458 e. The summed E-state index contributed by atoms with van der Waals surface area (Å²) in [5, 5.41) is 0. The first kappa shape index (κ1) is 33.5. The molecule has 0 aliphatic rings. The van der Waals surface area contributed by atoms with Crippen molar-refractivity contribution in [1.82, 2.24) is 0 Å². The molecule has 0 saturated heterocycles. The van der Waals surface area contributed by atoms with Gasteiger partial charge in [0.15, 0.2) is 11.5 Å². The Hall–Kier alpha value is -3.54. The van der Waals surface area contributed by atoms with Gasteiger partial charge in [-0.05, 0) is 48.8 Å². The molecule has 2 atom stereocenters. The first-order valence-electron chi connectivity index (χ1n) is 12.6. The highest BCUT2D eigenvalue weighted by Gasteiger charge is 2.23. The van der Waals surface area contributed by atoms with E-state index in [1.807, 2.05) is 41.5 Å². The minimum absolute atomic E-state index is 0.00750. The molecule has 0 aliphatic carbocycles. The van der Waals surface area contributed by atoms with Gasteiger partial charge in [0.1, 0.15) is 18.8 Å². The van der Waals surface area contributed by atoms with Crippen molar-refractivity contribution in [3.8, 4) is 11.5 Å². The van der Waals surface area contributed by atoms with Gasteiger partial charge in [0.2, 0.25) is 0 Å². The second kappa shape index (κ2) is 15.2. The molecule has 0 unspecified atom stereocenters. The fourth-order valence-corrected chi connectivity index (χ4v) is 2.63. The molecule has 0 heterocycles. The van der Waals surface area contributed by atoms with Crippen LogP contribution < -0.4 is 15.2 Å². The van der Waals surface area contributed by atoms with Gasteiger partial charge in [-0.1, -0.05) is 47.6 Å². The standard InChI is InChI=1S/C27H41NO11/c1-9-33-23(30)34-14-17(2)37-22(29)19(28)12-18-10-11-20(38-24(31)35-15-26(3,4)5)21(13-18)39-25(32)36-16-27(6,7)8/h10-11,13,17,19H,9,12,14-16,28H2,1-8H3/t17-,19-/m0/s1. The number of rotatable bonds is 11. The van der Waals surface area contributed by atoms with Crippen molar-refractivity contribution in [2.75, 3.05) is 26.4 Å². The Labute approximate surface area is 229 Å². The number of esters is 1. The lowest BCUT2D eigenvalue weighted by molar-refractivity contribution is -0.152. The number of hydrogen-bond acceptors (Lipinski definition) is 12. The van der Waals surface area contributed by atoms with Crippen molar-refractivity contribution >= 4 is 24.4 Å². The van der Waals surface area contributed by atoms with Crippen LogP contribution in [0, 0.1) is 10.8 Å². The second-order valence-corrected chi connectivity index (χ2v) is 11.2. The Morgan fingerprint density at radius 1 is 0.795 bits per heavy atom. The van der Waals surface area contributed by atoms with Crippen molar-refractivity contribution in [3.63, 3.8) is 0 Å². The van der Waals surface area contributed by atoms with E-state index in [4.69, 9.17) is 34.2 Å². The maximum Gasteiger partial charge on any atom is 0.513 e. The lowest BCUT2D eigenvalue weighted by Gasteiger charge is -2.19. The topological polar surface area (TPSA) is 159 Å². The van der Waals surface area contributed by atoms with Crippen molar-refractivity contribution in [1.29, 1.82) is 0 Å². The summed E-state index contributed by atoms with van der Waals surface area (Å²) in [6.07, 6.45) is -3.63. The zero-order chi connectivity index (χ0) is 29.8. The van der Waals surface area contributed by atoms with E-state index in [-0.39, 0.29) is 55.2 Å². The summed E-state index contributed by atoms with van der Waals surface area (Å²) < 4.78 is 35.5. The maximum atomic E-state index is 12.4. The Bertz CT molecular complexity index is 979. The quantitative estimate of drug-likeness (QED) is 0.226. The molecule has 1 aromatic rings. The van der Waals surface area contributed by atoms with Crippen LogP contribution in [0.3, 0.4) is 0 Å². The zero-order valence-corrected chi connectivity index (χ0v) is 24.0. The van der Waals surface area contributed by atoms with Crippen LogP contribution in [0.5, 0.6) is 11.5 Å². The van der Waals surface area contributed by atoms with Crippen LogP contribution in [0.25, 0.3) is 0 Å². The van der Waals surface area contributed by atoms with Crippen LogP contribution in [0.1, 0.15) is 61.0 Å². The third-order valence-electron chi connectivity index (χ3n) is 4.41. The number of hydrogen-bond donors (Lipinski definition) is 1. The van der Waals surface area contributed by atoms with E-state index < -0.39 is 36.6 Å². The lowest BCUT2D eigenvalue weighted by atomic mass is 9.99. The molecule has 2 N–H and O–H groups in total. The molecule has 1 aromatic carbocycles. The highest BCUT2D eigenvalue weighted by molar-refractivity contribution is 5.76. The summed E-state index contributed by atoms with van der Waals surface area (Å²) in [7, 11) is 0. The van der Waals surface area contributed by atoms with Gasteiger partial charge in [-0.3, -0.25) is 4.79 Å². The predicted molar refractivity (Wildman–Crippen MR) is 140 cm³/mol. The molecule has 0 saturated carbocycles. The van der Waals surface area contributed by atoms with E-state index in [1.54, 1.807) is 13.0 Å². The van der Waals surface area contributed by atoms with E-state index in [2.05, 4.69) is 4.74 Å². The van der Waals surface area contributed by atoms with Gasteiger partial charge in [0.05, 0.1) is 19.8 Å². The number of carbonyl (C=O) groups excluding carboxylic acids is 4. The zero-order valence-electron chi connectivity index (χ0n) is 24.0. The van der Waals surface area contributed by atoms with E-state index in [0.29, 0.717) is 5.56 Å². The SMILES string of the molecule is CCOC(=O)OC[C@H](C)OC(=O)[C@@H](N)Cc1ccc(OC(=O)OCC(C)(C)C)c(OC(=O)OCC(C)(C)C)c1. The molecule has 220 valence electrons. The molecule has 12 heteroatoms. The van der Waals surface area contributed by atoms with Crippen LogP contribution in [0.2, 0.25) is 0 Å². The third-order valence-corrected chi connectivity index (χ3v) is 4.41. The van der Waals surface area contributed by atoms with Gasteiger partial charge in [0, 0.05) is 0 Å². The minimum atomic E-state index is -1.10. The van der Waals surface area contributed by atoms with Crippen molar-refractivity contribution in [3.05, 3.63) is 23.8 Å². The molecular formula is C27H41NO11. The fourth-order valence-electron chi connectivity index (χ4n) is 2.63. The predicted octanol–water partition coefficient (Wildman–Crippen LogP) is 4.78. The third kappa shape index (κ3) is 14.8. The molecule has 0 aromatic heterocycles. The number of benzene rings is 1. The Kier molecular flexibility index (Phi) is 13.0. The molecule has 12 nitrogen and oxygen atoms in total. The Morgan fingerprint density at radius 3 is 1.85 bits per heavy atom. The molecule has 0 aliphatic heterocycles. The largest absolute Gasteiger partial charge is 0.513 e. The number of ether oxygens (including phenoxy) is 7. The lowest BCUT2D eigenvalue weighted by Crippen LogP contribution is -2.37. The fraction of sp³-hybridized carbons (Fsp3) is 0.630. The molecule has 0 spiro atoms. The van der Waals surface area contributed by atoms with E-state index in [1.165, 1.54) is 19.1 Å². The van der Waals surface area contributed by atoms with E-state index >= 15 is 0 Å². The van der Waals surface area contributed by atoms with Crippen LogP contribution in [0.15, 0.2) is 18.2 Å². The summed E-state index contributed by atoms with van der Waals surface area (Å²) >= 11 is 0. The van der Waals surface area contributed by atoms with Gasteiger partial charge in [-0.25, -0.2) is 14.4 Å². The highest BCUT2D eigenvalue weighted by Crippen LogP contribution is 2.30. The Morgan fingerprint density at radius 2 is 1.33 bits per heavy atom.